The average Bonchev–Trinajstić information content (AvgIpc) is 2.34. The fourth-order valence-corrected chi connectivity index (χ4v) is 1.65. The van der Waals surface area contributed by atoms with Crippen LogP contribution in [0.3, 0.4) is 0 Å². The molecule has 0 saturated heterocycles. The smallest absolute Gasteiger partial charge is 0.160 e. The van der Waals surface area contributed by atoms with Gasteiger partial charge in [-0.2, -0.15) is 0 Å². The SMILES string of the molecule is C=C=C=C/C=C(\C(C)=O)C1=C(C=O)CCC=C1. The Morgan fingerprint density at radius 1 is 1.53 bits per heavy atom. The van der Waals surface area contributed by atoms with Gasteiger partial charge in [-0.3, -0.25) is 9.59 Å². The second-order valence-electron chi connectivity index (χ2n) is 3.62. The monoisotopic (exact) mass is 226 g/mol. The first-order valence-electron chi connectivity index (χ1n) is 5.38. The van der Waals surface area contributed by atoms with Crippen molar-refractivity contribution in [2.24, 2.45) is 0 Å². The first-order chi connectivity index (χ1) is 8.20. The van der Waals surface area contributed by atoms with Gasteiger partial charge in [0.25, 0.3) is 0 Å². The molecule has 2 heteroatoms. The fraction of sp³-hybridized carbons (Fsp3) is 0.200. The molecule has 1 aliphatic rings. The quantitative estimate of drug-likeness (QED) is 0.320. The maximum Gasteiger partial charge on any atom is 0.160 e. The first-order valence-corrected chi connectivity index (χ1v) is 5.38. The maximum absolute atomic E-state index is 11.6. The summed E-state index contributed by atoms with van der Waals surface area (Å²) in [4.78, 5) is 22.5. The molecule has 0 atom stereocenters. The van der Waals surface area contributed by atoms with Crippen LogP contribution in [0.5, 0.6) is 0 Å². The van der Waals surface area contributed by atoms with Crippen molar-refractivity contribution in [1.29, 1.82) is 0 Å². The summed E-state index contributed by atoms with van der Waals surface area (Å²) in [5.74, 6) is -0.0759. The van der Waals surface area contributed by atoms with E-state index in [4.69, 9.17) is 0 Å². The van der Waals surface area contributed by atoms with Crippen LogP contribution in [0.4, 0.5) is 0 Å². The van der Waals surface area contributed by atoms with Crippen LogP contribution in [-0.2, 0) is 9.59 Å². The van der Waals surface area contributed by atoms with Crippen LogP contribution < -0.4 is 0 Å². The predicted octanol–water partition coefficient (Wildman–Crippen LogP) is 2.84. The second kappa shape index (κ2) is 6.44. The summed E-state index contributed by atoms with van der Waals surface area (Å²) < 4.78 is 0. The Kier molecular flexibility index (Phi) is 4.90. The van der Waals surface area contributed by atoms with E-state index in [2.05, 4.69) is 18.0 Å². The predicted molar refractivity (Wildman–Crippen MR) is 67.5 cm³/mol. The molecule has 1 rings (SSSR count). The van der Waals surface area contributed by atoms with Crippen molar-refractivity contribution in [2.45, 2.75) is 19.8 Å². The number of allylic oxidation sites excluding steroid dienone is 7. The zero-order valence-electron chi connectivity index (χ0n) is 9.82. The molecule has 86 valence electrons. The molecule has 0 N–H and O–H groups in total. The molecule has 17 heavy (non-hydrogen) atoms. The van der Waals surface area contributed by atoms with Gasteiger partial charge in [-0.05, 0) is 44.1 Å². The Hall–Kier alpha value is -2.14. The third-order valence-corrected chi connectivity index (χ3v) is 2.46. The molecule has 0 aliphatic heterocycles. The Morgan fingerprint density at radius 3 is 2.88 bits per heavy atom. The van der Waals surface area contributed by atoms with Crippen LogP contribution in [-0.4, -0.2) is 12.1 Å². The lowest BCUT2D eigenvalue weighted by Crippen LogP contribution is -2.05. The van der Waals surface area contributed by atoms with E-state index in [0.29, 0.717) is 23.1 Å². The molecule has 1 aliphatic carbocycles. The summed E-state index contributed by atoms with van der Waals surface area (Å²) in [6.45, 7) is 4.86. The van der Waals surface area contributed by atoms with Crippen molar-refractivity contribution < 1.29 is 9.59 Å². The number of rotatable bonds is 4. The molecule has 2 nitrogen and oxygen atoms in total. The molecule has 0 aromatic carbocycles. The molecular formula is C15H14O2. The van der Waals surface area contributed by atoms with E-state index in [1.165, 1.54) is 6.92 Å². The van der Waals surface area contributed by atoms with Gasteiger partial charge in [-0.1, -0.05) is 23.6 Å². The van der Waals surface area contributed by atoms with Crippen LogP contribution in [0.15, 0.2) is 59.1 Å². The van der Waals surface area contributed by atoms with E-state index in [0.717, 1.165) is 12.7 Å². The third-order valence-electron chi connectivity index (χ3n) is 2.46. The maximum atomic E-state index is 11.6. The Morgan fingerprint density at radius 2 is 2.29 bits per heavy atom. The van der Waals surface area contributed by atoms with Crippen molar-refractivity contribution >= 4 is 12.1 Å². The zero-order valence-corrected chi connectivity index (χ0v) is 9.82. The van der Waals surface area contributed by atoms with Crippen molar-refractivity contribution in [3.8, 4) is 0 Å². The van der Waals surface area contributed by atoms with Gasteiger partial charge in [0.2, 0.25) is 0 Å². The van der Waals surface area contributed by atoms with Crippen LogP contribution in [0.25, 0.3) is 0 Å². The summed E-state index contributed by atoms with van der Waals surface area (Å²) >= 11 is 0. The Balaban J connectivity index is 3.28. The van der Waals surface area contributed by atoms with E-state index in [9.17, 15) is 9.59 Å². The molecule has 0 aromatic rings. The highest BCUT2D eigenvalue weighted by Gasteiger charge is 2.14. The molecule has 0 bridgehead atoms. The first kappa shape index (κ1) is 12.9. The Bertz CT molecular complexity index is 503. The third kappa shape index (κ3) is 3.42. The lowest BCUT2D eigenvalue weighted by Gasteiger charge is -2.12. The second-order valence-corrected chi connectivity index (χ2v) is 3.62. The zero-order chi connectivity index (χ0) is 12.7. The van der Waals surface area contributed by atoms with Gasteiger partial charge in [-0.15, -0.1) is 0 Å². The van der Waals surface area contributed by atoms with E-state index < -0.39 is 0 Å². The van der Waals surface area contributed by atoms with E-state index in [1.54, 1.807) is 12.2 Å². The van der Waals surface area contributed by atoms with Crippen molar-refractivity contribution in [1.82, 2.24) is 0 Å². The summed E-state index contributed by atoms with van der Waals surface area (Å²) in [6.07, 6.45) is 9.34. The number of aldehydes is 1. The highest BCUT2D eigenvalue weighted by molar-refractivity contribution is 6.00. The molecule has 0 aromatic heterocycles. The molecule has 0 fully saturated rings. The van der Waals surface area contributed by atoms with E-state index >= 15 is 0 Å². The van der Waals surface area contributed by atoms with Crippen LogP contribution in [0.2, 0.25) is 0 Å². The highest BCUT2D eigenvalue weighted by Crippen LogP contribution is 2.24. The van der Waals surface area contributed by atoms with Crippen LogP contribution >= 0.6 is 0 Å². The molecule has 0 spiro atoms. The van der Waals surface area contributed by atoms with Gasteiger partial charge >= 0.3 is 0 Å². The minimum atomic E-state index is -0.0759. The number of carbonyl (C=O) groups is 2. The number of hydrogen-bond donors (Lipinski definition) is 0. The fourth-order valence-electron chi connectivity index (χ4n) is 1.65. The molecule has 0 unspecified atom stereocenters. The lowest BCUT2D eigenvalue weighted by atomic mass is 9.91. The van der Waals surface area contributed by atoms with Crippen molar-refractivity contribution in [3.05, 3.63) is 59.1 Å². The van der Waals surface area contributed by atoms with Gasteiger partial charge in [-0.25, -0.2) is 0 Å². The number of carbonyl (C=O) groups excluding carboxylic acids is 2. The number of hydrogen-bond acceptors (Lipinski definition) is 2. The van der Waals surface area contributed by atoms with Gasteiger partial charge in [0.15, 0.2) is 5.78 Å². The summed E-state index contributed by atoms with van der Waals surface area (Å²) in [7, 11) is 0. The Labute approximate surface area is 101 Å². The highest BCUT2D eigenvalue weighted by atomic mass is 16.1. The standard InChI is InChI=1S/C15H14O2/c1-3-4-5-9-14(12(2)17)15-10-7-6-8-13(15)11-16/h5,7,9-11H,1,6,8H2,2H3/b14-9+. The lowest BCUT2D eigenvalue weighted by molar-refractivity contribution is -0.113. The minimum Gasteiger partial charge on any atom is -0.298 e. The van der Waals surface area contributed by atoms with Gasteiger partial charge < -0.3 is 0 Å². The van der Waals surface area contributed by atoms with Crippen LogP contribution in [0.1, 0.15) is 19.8 Å². The number of Topliss-reactive ketones (excluding diaryl/α,β-unsaturated/α-hetero) is 1. The summed E-state index contributed by atoms with van der Waals surface area (Å²) in [5.41, 5.74) is 7.03. The minimum absolute atomic E-state index is 0.0759. The normalized spacial score (nSPS) is 15.0. The van der Waals surface area contributed by atoms with Gasteiger partial charge in [0, 0.05) is 11.1 Å². The topological polar surface area (TPSA) is 34.1 Å². The van der Waals surface area contributed by atoms with Crippen molar-refractivity contribution in [2.75, 3.05) is 0 Å². The van der Waals surface area contributed by atoms with E-state index in [-0.39, 0.29) is 5.78 Å². The average molecular weight is 226 g/mol. The molecular weight excluding hydrogens is 212 g/mol. The number of ketones is 1. The van der Waals surface area contributed by atoms with Crippen LogP contribution in [0, 0.1) is 0 Å². The van der Waals surface area contributed by atoms with E-state index in [1.807, 2.05) is 12.2 Å². The summed E-state index contributed by atoms with van der Waals surface area (Å²) in [5, 5.41) is 0. The largest absolute Gasteiger partial charge is 0.298 e. The molecule has 0 radical (unpaired) electrons. The van der Waals surface area contributed by atoms with Gasteiger partial charge in [0.05, 0.1) is 0 Å². The molecule has 0 amide bonds. The molecule has 0 saturated carbocycles. The van der Waals surface area contributed by atoms with Crippen molar-refractivity contribution in [3.63, 3.8) is 0 Å². The molecule has 0 heterocycles. The summed E-state index contributed by atoms with van der Waals surface area (Å²) in [6, 6.07) is 0. The van der Waals surface area contributed by atoms with Gasteiger partial charge in [0.1, 0.15) is 6.29 Å².